The largest absolute Gasteiger partial charge is 0.463 e. The summed E-state index contributed by atoms with van der Waals surface area (Å²) < 4.78 is 4.91. The third kappa shape index (κ3) is 5.93. The van der Waals surface area contributed by atoms with Gasteiger partial charge in [0, 0.05) is 12.6 Å². The van der Waals surface area contributed by atoms with Gasteiger partial charge < -0.3 is 15.4 Å². The van der Waals surface area contributed by atoms with Crippen molar-refractivity contribution in [2.45, 2.75) is 45.3 Å². The van der Waals surface area contributed by atoms with Crippen LogP contribution in [0.4, 0.5) is 4.79 Å². The molecule has 0 radical (unpaired) electrons. The van der Waals surface area contributed by atoms with E-state index in [0.29, 0.717) is 12.6 Å². The normalized spacial score (nSPS) is 14.9. The second kappa shape index (κ2) is 5.58. The van der Waals surface area contributed by atoms with E-state index in [4.69, 9.17) is 4.74 Å². The maximum atomic E-state index is 11.1. The van der Waals surface area contributed by atoms with Crippen molar-refractivity contribution in [1.29, 1.82) is 0 Å². The Bertz CT molecular complexity index is 221. The van der Waals surface area contributed by atoms with Crippen molar-refractivity contribution in [3.8, 4) is 0 Å². The van der Waals surface area contributed by atoms with Crippen LogP contribution in [-0.2, 0) is 9.53 Å². The van der Waals surface area contributed by atoms with E-state index in [2.05, 4.69) is 10.6 Å². The van der Waals surface area contributed by atoms with Crippen molar-refractivity contribution >= 4 is 12.0 Å². The number of carbonyl (C=O) groups excluding carboxylic acids is 2. The topological polar surface area (TPSA) is 67.4 Å². The van der Waals surface area contributed by atoms with Gasteiger partial charge in [0.25, 0.3) is 0 Å². The van der Waals surface area contributed by atoms with Gasteiger partial charge in [0.2, 0.25) is 0 Å². The molecule has 1 aliphatic carbocycles. The summed E-state index contributed by atoms with van der Waals surface area (Å²) in [5.74, 6) is -0.281. The molecule has 0 unspecified atom stereocenters. The lowest BCUT2D eigenvalue weighted by Gasteiger charge is -2.08. The number of amides is 2. The third-order valence-electron chi connectivity index (χ3n) is 1.89. The standard InChI is InChI=1S/C10H18N2O3/c1-7(2)15-9(13)5-6-11-10(14)12-8-3-4-8/h7-8H,3-6H2,1-2H3,(H2,11,12,14). The molecular weight excluding hydrogens is 196 g/mol. The predicted octanol–water partition coefficient (Wildman–Crippen LogP) is 0.790. The zero-order valence-electron chi connectivity index (χ0n) is 9.21. The summed E-state index contributed by atoms with van der Waals surface area (Å²) in [7, 11) is 0. The SMILES string of the molecule is CC(C)OC(=O)CCNC(=O)NC1CC1. The number of nitrogens with one attached hydrogen (secondary N) is 2. The summed E-state index contributed by atoms with van der Waals surface area (Å²) in [6.45, 7) is 3.92. The highest BCUT2D eigenvalue weighted by atomic mass is 16.5. The highest BCUT2D eigenvalue weighted by Gasteiger charge is 2.22. The fraction of sp³-hybridized carbons (Fsp3) is 0.800. The number of hydrogen-bond acceptors (Lipinski definition) is 3. The molecule has 0 aromatic rings. The lowest BCUT2D eigenvalue weighted by atomic mass is 10.4. The van der Waals surface area contributed by atoms with E-state index in [1.807, 2.05) is 0 Å². The molecule has 0 aliphatic heterocycles. The molecule has 0 aromatic heterocycles. The van der Waals surface area contributed by atoms with Gasteiger partial charge in [0.05, 0.1) is 12.5 Å². The second-order valence-corrected chi connectivity index (χ2v) is 3.96. The molecule has 0 spiro atoms. The number of ether oxygens (including phenoxy) is 1. The van der Waals surface area contributed by atoms with Crippen LogP contribution in [0.15, 0.2) is 0 Å². The molecule has 0 aromatic carbocycles. The van der Waals surface area contributed by atoms with Crippen molar-refractivity contribution in [2.24, 2.45) is 0 Å². The van der Waals surface area contributed by atoms with Crippen molar-refractivity contribution in [2.75, 3.05) is 6.54 Å². The van der Waals surface area contributed by atoms with E-state index in [1.165, 1.54) is 0 Å². The highest BCUT2D eigenvalue weighted by molar-refractivity contribution is 5.75. The summed E-state index contributed by atoms with van der Waals surface area (Å²) in [6, 6.07) is 0.141. The highest BCUT2D eigenvalue weighted by Crippen LogP contribution is 2.18. The minimum atomic E-state index is -0.281. The van der Waals surface area contributed by atoms with E-state index in [9.17, 15) is 9.59 Å². The Hall–Kier alpha value is -1.26. The zero-order valence-corrected chi connectivity index (χ0v) is 9.21. The Morgan fingerprint density at radius 3 is 2.60 bits per heavy atom. The maximum absolute atomic E-state index is 11.1. The first-order chi connectivity index (χ1) is 7.08. The smallest absolute Gasteiger partial charge is 0.315 e. The lowest BCUT2D eigenvalue weighted by Crippen LogP contribution is -2.38. The molecule has 1 fully saturated rings. The summed E-state index contributed by atoms with van der Waals surface area (Å²) >= 11 is 0. The summed E-state index contributed by atoms with van der Waals surface area (Å²) in [6.07, 6.45) is 2.24. The molecule has 1 rings (SSSR count). The molecule has 0 atom stereocenters. The van der Waals surface area contributed by atoms with E-state index in [0.717, 1.165) is 12.8 Å². The fourth-order valence-electron chi connectivity index (χ4n) is 1.06. The number of rotatable bonds is 5. The Morgan fingerprint density at radius 1 is 1.40 bits per heavy atom. The minimum absolute atomic E-state index is 0.0993. The van der Waals surface area contributed by atoms with Gasteiger partial charge in [-0.25, -0.2) is 4.79 Å². The van der Waals surface area contributed by atoms with Crippen molar-refractivity contribution in [1.82, 2.24) is 10.6 Å². The quantitative estimate of drug-likeness (QED) is 0.665. The number of carbonyl (C=O) groups is 2. The first-order valence-corrected chi connectivity index (χ1v) is 5.32. The average molecular weight is 214 g/mol. The van der Waals surface area contributed by atoms with E-state index in [1.54, 1.807) is 13.8 Å². The van der Waals surface area contributed by atoms with Crippen LogP contribution in [0.25, 0.3) is 0 Å². The molecule has 2 amide bonds. The van der Waals surface area contributed by atoms with Crippen LogP contribution in [0.2, 0.25) is 0 Å². The number of urea groups is 1. The Kier molecular flexibility index (Phi) is 4.39. The zero-order chi connectivity index (χ0) is 11.3. The number of hydrogen-bond donors (Lipinski definition) is 2. The Morgan fingerprint density at radius 2 is 2.07 bits per heavy atom. The van der Waals surface area contributed by atoms with E-state index < -0.39 is 0 Å². The Labute approximate surface area is 89.6 Å². The van der Waals surface area contributed by atoms with Gasteiger partial charge in [-0.05, 0) is 26.7 Å². The molecule has 86 valence electrons. The van der Waals surface area contributed by atoms with Crippen molar-refractivity contribution in [3.63, 3.8) is 0 Å². The molecule has 0 heterocycles. The van der Waals surface area contributed by atoms with Gasteiger partial charge >= 0.3 is 12.0 Å². The molecule has 0 bridgehead atoms. The van der Waals surface area contributed by atoms with Crippen LogP contribution in [0.3, 0.4) is 0 Å². The molecule has 15 heavy (non-hydrogen) atoms. The molecule has 1 saturated carbocycles. The molecule has 0 saturated heterocycles. The second-order valence-electron chi connectivity index (χ2n) is 3.96. The summed E-state index contributed by atoms with van der Waals surface area (Å²) in [5.41, 5.74) is 0. The van der Waals surface area contributed by atoms with Crippen LogP contribution < -0.4 is 10.6 Å². The van der Waals surface area contributed by atoms with Crippen LogP contribution in [-0.4, -0.2) is 30.7 Å². The molecule has 2 N–H and O–H groups in total. The molecular formula is C10H18N2O3. The van der Waals surface area contributed by atoms with Gasteiger partial charge in [-0.1, -0.05) is 0 Å². The average Bonchev–Trinajstić information content (AvgIpc) is 2.86. The fourth-order valence-corrected chi connectivity index (χ4v) is 1.06. The Balaban J connectivity index is 1.99. The first kappa shape index (κ1) is 11.8. The van der Waals surface area contributed by atoms with Crippen LogP contribution >= 0.6 is 0 Å². The lowest BCUT2D eigenvalue weighted by molar-refractivity contribution is -0.147. The number of esters is 1. The van der Waals surface area contributed by atoms with Crippen molar-refractivity contribution in [3.05, 3.63) is 0 Å². The monoisotopic (exact) mass is 214 g/mol. The van der Waals surface area contributed by atoms with Gasteiger partial charge in [0.1, 0.15) is 0 Å². The molecule has 5 heteroatoms. The third-order valence-corrected chi connectivity index (χ3v) is 1.89. The minimum Gasteiger partial charge on any atom is -0.463 e. The maximum Gasteiger partial charge on any atom is 0.315 e. The molecule has 1 aliphatic rings. The van der Waals surface area contributed by atoms with Gasteiger partial charge in [0.15, 0.2) is 0 Å². The summed E-state index contributed by atoms with van der Waals surface area (Å²) in [5, 5.41) is 5.37. The summed E-state index contributed by atoms with van der Waals surface area (Å²) in [4.78, 5) is 22.2. The van der Waals surface area contributed by atoms with Crippen LogP contribution in [0.5, 0.6) is 0 Å². The first-order valence-electron chi connectivity index (χ1n) is 5.32. The van der Waals surface area contributed by atoms with Crippen molar-refractivity contribution < 1.29 is 14.3 Å². The predicted molar refractivity (Wildman–Crippen MR) is 55.4 cm³/mol. The van der Waals surface area contributed by atoms with E-state index >= 15 is 0 Å². The van der Waals surface area contributed by atoms with Crippen LogP contribution in [0.1, 0.15) is 33.1 Å². The van der Waals surface area contributed by atoms with E-state index in [-0.39, 0.29) is 24.5 Å². The molecule has 5 nitrogen and oxygen atoms in total. The van der Waals surface area contributed by atoms with Gasteiger partial charge in [-0.3, -0.25) is 4.79 Å². The van der Waals surface area contributed by atoms with Gasteiger partial charge in [-0.2, -0.15) is 0 Å². The van der Waals surface area contributed by atoms with Crippen LogP contribution in [0, 0.1) is 0 Å². The van der Waals surface area contributed by atoms with Gasteiger partial charge in [-0.15, -0.1) is 0 Å².